The zero-order chi connectivity index (χ0) is 23.1. The summed E-state index contributed by atoms with van der Waals surface area (Å²) in [6, 6.07) is 17.6. The van der Waals surface area contributed by atoms with Crippen LogP contribution in [0.15, 0.2) is 65.1 Å². The van der Waals surface area contributed by atoms with Crippen molar-refractivity contribution in [1.29, 1.82) is 0 Å². The van der Waals surface area contributed by atoms with Gasteiger partial charge in [0.05, 0.1) is 18.4 Å². The van der Waals surface area contributed by atoms with Crippen LogP contribution in [0.1, 0.15) is 21.5 Å². The number of halogens is 1. The zero-order valence-electron chi connectivity index (χ0n) is 17.6. The number of amides is 1. The first-order valence-corrected chi connectivity index (χ1v) is 10.6. The van der Waals surface area contributed by atoms with E-state index in [-0.39, 0.29) is 18.1 Å². The van der Waals surface area contributed by atoms with Crippen molar-refractivity contribution in [1.82, 2.24) is 0 Å². The summed E-state index contributed by atoms with van der Waals surface area (Å²) in [4.78, 5) is 23.6. The average Bonchev–Trinajstić information content (AvgIpc) is 2.78. The lowest BCUT2D eigenvalue weighted by Gasteiger charge is -2.15. The molecule has 3 aromatic carbocycles. The van der Waals surface area contributed by atoms with E-state index in [9.17, 15) is 14.7 Å². The number of carbonyl (C=O) groups is 2. The second kappa shape index (κ2) is 10.7. The van der Waals surface area contributed by atoms with Crippen molar-refractivity contribution in [2.45, 2.75) is 13.5 Å². The van der Waals surface area contributed by atoms with Crippen LogP contribution in [0.4, 0.5) is 11.4 Å². The van der Waals surface area contributed by atoms with E-state index in [4.69, 9.17) is 9.47 Å². The Kier molecular flexibility index (Phi) is 7.72. The molecule has 0 aromatic heterocycles. The van der Waals surface area contributed by atoms with Crippen LogP contribution in [0.2, 0.25) is 0 Å². The van der Waals surface area contributed by atoms with Gasteiger partial charge in [0.2, 0.25) is 0 Å². The van der Waals surface area contributed by atoms with Crippen LogP contribution in [0.5, 0.6) is 11.5 Å². The van der Waals surface area contributed by atoms with E-state index in [1.165, 1.54) is 19.2 Å². The summed E-state index contributed by atoms with van der Waals surface area (Å²) in [6.07, 6.45) is 0. The third-order valence-corrected chi connectivity index (χ3v) is 5.13. The van der Waals surface area contributed by atoms with E-state index in [1.807, 2.05) is 43.3 Å². The zero-order valence-corrected chi connectivity index (χ0v) is 19.2. The fraction of sp³-hybridized carbons (Fsp3) is 0.167. The number of aryl methyl sites for hydroxylation is 1. The molecule has 8 heteroatoms. The number of carboxylic acids is 1. The molecule has 0 saturated heterocycles. The average molecular weight is 499 g/mol. The van der Waals surface area contributed by atoms with Gasteiger partial charge < -0.3 is 25.2 Å². The van der Waals surface area contributed by atoms with E-state index >= 15 is 0 Å². The second-order valence-electron chi connectivity index (χ2n) is 7.03. The number of ether oxygens (including phenoxy) is 2. The Bertz CT molecular complexity index is 1120. The smallest absolute Gasteiger partial charge is 0.335 e. The topological polar surface area (TPSA) is 96.9 Å². The van der Waals surface area contributed by atoms with Crippen LogP contribution >= 0.6 is 15.9 Å². The molecule has 32 heavy (non-hydrogen) atoms. The van der Waals surface area contributed by atoms with Gasteiger partial charge in [0.25, 0.3) is 5.91 Å². The van der Waals surface area contributed by atoms with Gasteiger partial charge in [-0.15, -0.1) is 0 Å². The summed E-state index contributed by atoms with van der Waals surface area (Å²) in [5.41, 5.74) is 3.27. The highest BCUT2D eigenvalue weighted by Crippen LogP contribution is 2.29. The molecule has 7 nitrogen and oxygen atoms in total. The van der Waals surface area contributed by atoms with E-state index in [1.54, 1.807) is 12.1 Å². The lowest BCUT2D eigenvalue weighted by molar-refractivity contribution is -0.118. The number of hydrogen-bond acceptors (Lipinski definition) is 5. The normalized spacial score (nSPS) is 10.3. The van der Waals surface area contributed by atoms with Crippen molar-refractivity contribution in [3.05, 3.63) is 81.8 Å². The van der Waals surface area contributed by atoms with Crippen LogP contribution in [0.3, 0.4) is 0 Å². The first kappa shape index (κ1) is 23.1. The van der Waals surface area contributed by atoms with E-state index in [2.05, 4.69) is 26.6 Å². The SMILES string of the molecule is COc1ccc(C(=O)O)cc1NCc1cc(Br)ccc1OCC(=O)Nc1ccc(C)cc1. The van der Waals surface area contributed by atoms with Gasteiger partial charge in [0.15, 0.2) is 6.61 Å². The first-order valence-electron chi connectivity index (χ1n) is 9.78. The molecule has 0 aliphatic rings. The van der Waals surface area contributed by atoms with Crippen LogP contribution in [-0.4, -0.2) is 30.7 Å². The number of aromatic carboxylic acids is 1. The van der Waals surface area contributed by atoms with Crippen molar-refractivity contribution in [2.75, 3.05) is 24.4 Å². The third-order valence-electron chi connectivity index (χ3n) is 4.63. The molecule has 0 radical (unpaired) electrons. The number of hydrogen-bond donors (Lipinski definition) is 3. The molecule has 3 N–H and O–H groups in total. The van der Waals surface area contributed by atoms with Crippen molar-refractivity contribution in [3.8, 4) is 11.5 Å². The fourth-order valence-electron chi connectivity index (χ4n) is 2.97. The second-order valence-corrected chi connectivity index (χ2v) is 7.94. The van der Waals surface area contributed by atoms with Crippen LogP contribution < -0.4 is 20.1 Å². The fourth-order valence-corrected chi connectivity index (χ4v) is 3.38. The minimum atomic E-state index is -1.03. The quantitative estimate of drug-likeness (QED) is 0.380. The van der Waals surface area contributed by atoms with Gasteiger partial charge in [-0.3, -0.25) is 4.79 Å². The standard InChI is InChI=1S/C24H23BrN2O5/c1-15-3-7-19(8-4-15)27-23(28)14-32-21-10-6-18(25)11-17(21)13-26-20-12-16(24(29)30)5-9-22(20)31-2/h3-12,26H,13-14H2,1-2H3,(H,27,28)(H,29,30). The predicted octanol–water partition coefficient (Wildman–Crippen LogP) is 5.09. The molecule has 166 valence electrons. The molecule has 3 aromatic rings. The number of anilines is 2. The Morgan fingerprint density at radius 2 is 1.72 bits per heavy atom. The molecular weight excluding hydrogens is 476 g/mol. The lowest BCUT2D eigenvalue weighted by atomic mass is 10.1. The summed E-state index contributed by atoms with van der Waals surface area (Å²) in [7, 11) is 1.52. The van der Waals surface area contributed by atoms with Gasteiger partial charge in [-0.25, -0.2) is 4.79 Å². The first-order chi connectivity index (χ1) is 15.4. The largest absolute Gasteiger partial charge is 0.495 e. The Labute approximate surface area is 194 Å². The van der Waals surface area contributed by atoms with Gasteiger partial charge in [-0.05, 0) is 55.5 Å². The Morgan fingerprint density at radius 3 is 2.41 bits per heavy atom. The maximum Gasteiger partial charge on any atom is 0.335 e. The van der Waals surface area contributed by atoms with Crippen LogP contribution in [0, 0.1) is 6.92 Å². The maximum absolute atomic E-state index is 12.3. The highest BCUT2D eigenvalue weighted by molar-refractivity contribution is 9.10. The van der Waals surface area contributed by atoms with Crippen molar-refractivity contribution in [2.24, 2.45) is 0 Å². The molecule has 0 spiro atoms. The van der Waals surface area contributed by atoms with E-state index in [0.29, 0.717) is 29.4 Å². The number of benzene rings is 3. The molecule has 0 heterocycles. The highest BCUT2D eigenvalue weighted by atomic mass is 79.9. The van der Waals surface area contributed by atoms with Gasteiger partial charge in [0.1, 0.15) is 11.5 Å². The minimum Gasteiger partial charge on any atom is -0.495 e. The monoisotopic (exact) mass is 498 g/mol. The molecule has 1 amide bonds. The molecule has 0 bridgehead atoms. The number of rotatable bonds is 9. The maximum atomic E-state index is 12.3. The van der Waals surface area contributed by atoms with Crippen LogP contribution in [-0.2, 0) is 11.3 Å². The molecule has 0 aliphatic carbocycles. The molecule has 3 rings (SSSR count). The van der Waals surface area contributed by atoms with Gasteiger partial charge in [0, 0.05) is 22.3 Å². The minimum absolute atomic E-state index is 0.145. The summed E-state index contributed by atoms with van der Waals surface area (Å²) < 4.78 is 11.9. The Balaban J connectivity index is 1.69. The van der Waals surface area contributed by atoms with Gasteiger partial charge >= 0.3 is 5.97 Å². The molecule has 0 aliphatic heterocycles. The number of nitrogens with one attached hydrogen (secondary N) is 2. The van der Waals surface area contributed by atoms with Crippen molar-refractivity contribution in [3.63, 3.8) is 0 Å². The molecular formula is C24H23BrN2O5. The summed E-state index contributed by atoms with van der Waals surface area (Å²) in [5, 5.41) is 15.2. The van der Waals surface area contributed by atoms with Crippen molar-refractivity contribution < 1.29 is 24.2 Å². The highest BCUT2D eigenvalue weighted by Gasteiger charge is 2.12. The Morgan fingerprint density at radius 1 is 1.00 bits per heavy atom. The molecule has 0 fully saturated rings. The predicted molar refractivity (Wildman–Crippen MR) is 127 cm³/mol. The number of carboxylic acid groups (broad SMARTS) is 1. The third kappa shape index (κ3) is 6.24. The van der Waals surface area contributed by atoms with E-state index in [0.717, 1.165) is 15.6 Å². The number of carbonyl (C=O) groups excluding carboxylic acids is 1. The summed E-state index contributed by atoms with van der Waals surface area (Å²) in [6.45, 7) is 2.15. The molecule has 0 atom stereocenters. The summed E-state index contributed by atoms with van der Waals surface area (Å²) >= 11 is 3.45. The van der Waals surface area contributed by atoms with Crippen LogP contribution in [0.25, 0.3) is 0 Å². The lowest BCUT2D eigenvalue weighted by Crippen LogP contribution is -2.20. The summed E-state index contributed by atoms with van der Waals surface area (Å²) in [5.74, 6) is -0.244. The number of methoxy groups -OCH3 is 1. The van der Waals surface area contributed by atoms with Gasteiger partial charge in [-0.2, -0.15) is 0 Å². The van der Waals surface area contributed by atoms with E-state index < -0.39 is 5.97 Å². The Hall–Kier alpha value is -3.52. The molecule has 0 saturated carbocycles. The van der Waals surface area contributed by atoms with Crippen molar-refractivity contribution >= 4 is 39.2 Å². The molecule has 0 unspecified atom stereocenters. The van der Waals surface area contributed by atoms with Gasteiger partial charge in [-0.1, -0.05) is 33.6 Å².